The van der Waals surface area contributed by atoms with Gasteiger partial charge in [0, 0.05) is 31.7 Å². The van der Waals surface area contributed by atoms with Crippen molar-refractivity contribution in [2.75, 3.05) is 19.6 Å². The van der Waals surface area contributed by atoms with Gasteiger partial charge in [0.2, 0.25) is 0 Å². The molecule has 0 bridgehead atoms. The zero-order chi connectivity index (χ0) is 15.1. The van der Waals surface area contributed by atoms with Crippen molar-refractivity contribution in [2.45, 2.75) is 79.3 Å². The van der Waals surface area contributed by atoms with Crippen LogP contribution in [0.5, 0.6) is 0 Å². The SMILES string of the molecule is CCCCC(CC)CN1CC(C(C)C)NCC1C(C)C. The van der Waals surface area contributed by atoms with E-state index < -0.39 is 0 Å². The lowest BCUT2D eigenvalue weighted by Crippen LogP contribution is -2.60. The largest absolute Gasteiger partial charge is 0.311 e. The van der Waals surface area contributed by atoms with E-state index in [1.807, 2.05) is 0 Å². The molecule has 1 aliphatic heterocycles. The van der Waals surface area contributed by atoms with Crippen molar-refractivity contribution < 1.29 is 0 Å². The summed E-state index contributed by atoms with van der Waals surface area (Å²) < 4.78 is 0. The Hall–Kier alpha value is -0.0800. The van der Waals surface area contributed by atoms with Crippen molar-refractivity contribution in [1.29, 1.82) is 0 Å². The highest BCUT2D eigenvalue weighted by Gasteiger charge is 2.31. The van der Waals surface area contributed by atoms with E-state index in [0.29, 0.717) is 6.04 Å². The maximum Gasteiger partial charge on any atom is 0.0244 e. The van der Waals surface area contributed by atoms with Crippen LogP contribution in [0.4, 0.5) is 0 Å². The number of hydrogen-bond donors (Lipinski definition) is 1. The molecule has 1 heterocycles. The zero-order valence-corrected chi connectivity index (χ0v) is 14.8. The van der Waals surface area contributed by atoms with Gasteiger partial charge in [-0.15, -0.1) is 0 Å². The molecule has 20 heavy (non-hydrogen) atoms. The molecule has 0 radical (unpaired) electrons. The third kappa shape index (κ3) is 5.37. The van der Waals surface area contributed by atoms with Gasteiger partial charge in [-0.05, 0) is 24.2 Å². The number of nitrogens with zero attached hydrogens (tertiary/aromatic N) is 1. The first-order valence-electron chi connectivity index (χ1n) is 8.96. The summed E-state index contributed by atoms with van der Waals surface area (Å²) in [4.78, 5) is 2.80. The second-order valence-corrected chi connectivity index (χ2v) is 7.44. The Balaban J connectivity index is 2.62. The van der Waals surface area contributed by atoms with Crippen molar-refractivity contribution >= 4 is 0 Å². The molecule has 120 valence electrons. The van der Waals surface area contributed by atoms with Gasteiger partial charge in [-0.2, -0.15) is 0 Å². The highest BCUT2D eigenvalue weighted by atomic mass is 15.2. The van der Waals surface area contributed by atoms with Gasteiger partial charge in [-0.25, -0.2) is 0 Å². The smallest absolute Gasteiger partial charge is 0.0244 e. The molecule has 1 N–H and O–H groups in total. The van der Waals surface area contributed by atoms with Crippen LogP contribution in [0.1, 0.15) is 67.2 Å². The van der Waals surface area contributed by atoms with E-state index in [1.54, 1.807) is 0 Å². The van der Waals surface area contributed by atoms with Gasteiger partial charge in [0.1, 0.15) is 0 Å². The van der Waals surface area contributed by atoms with Crippen LogP contribution in [0.3, 0.4) is 0 Å². The van der Waals surface area contributed by atoms with E-state index in [9.17, 15) is 0 Å². The van der Waals surface area contributed by atoms with Crippen LogP contribution >= 0.6 is 0 Å². The molecule has 3 atom stereocenters. The molecule has 2 heteroatoms. The average molecular weight is 283 g/mol. The van der Waals surface area contributed by atoms with Crippen molar-refractivity contribution in [3.05, 3.63) is 0 Å². The summed E-state index contributed by atoms with van der Waals surface area (Å²) in [6, 6.07) is 1.40. The minimum Gasteiger partial charge on any atom is -0.311 e. The maximum absolute atomic E-state index is 3.77. The van der Waals surface area contributed by atoms with Crippen molar-refractivity contribution in [2.24, 2.45) is 17.8 Å². The molecule has 0 aromatic rings. The van der Waals surface area contributed by atoms with Gasteiger partial charge >= 0.3 is 0 Å². The molecule has 0 spiro atoms. The third-order valence-corrected chi connectivity index (χ3v) is 5.10. The number of nitrogens with one attached hydrogen (secondary N) is 1. The normalized spacial score (nSPS) is 26.4. The van der Waals surface area contributed by atoms with E-state index in [1.165, 1.54) is 45.3 Å². The average Bonchev–Trinajstić information content (AvgIpc) is 2.42. The first-order chi connectivity index (χ1) is 9.49. The monoisotopic (exact) mass is 282 g/mol. The summed E-state index contributed by atoms with van der Waals surface area (Å²) in [5.74, 6) is 2.38. The standard InChI is InChI=1S/C18H38N2/c1-7-9-10-16(8-2)12-20-13-17(14(3)4)19-11-18(20)15(5)6/h14-19H,7-13H2,1-6H3. The third-order valence-electron chi connectivity index (χ3n) is 5.10. The van der Waals surface area contributed by atoms with Crippen LogP contribution < -0.4 is 5.32 Å². The highest BCUT2D eigenvalue weighted by Crippen LogP contribution is 2.22. The molecule has 1 aliphatic rings. The zero-order valence-electron chi connectivity index (χ0n) is 14.8. The molecule has 0 saturated carbocycles. The van der Waals surface area contributed by atoms with E-state index in [-0.39, 0.29) is 0 Å². The Morgan fingerprint density at radius 1 is 1.10 bits per heavy atom. The van der Waals surface area contributed by atoms with Crippen LogP contribution in [0.15, 0.2) is 0 Å². The predicted molar refractivity (Wildman–Crippen MR) is 90.1 cm³/mol. The van der Waals surface area contributed by atoms with Crippen molar-refractivity contribution in [3.63, 3.8) is 0 Å². The summed E-state index contributed by atoms with van der Waals surface area (Å²) in [6.07, 6.45) is 5.47. The Morgan fingerprint density at radius 2 is 1.80 bits per heavy atom. The lowest BCUT2D eigenvalue weighted by Gasteiger charge is -2.45. The van der Waals surface area contributed by atoms with Crippen molar-refractivity contribution in [1.82, 2.24) is 10.2 Å². The summed E-state index contributed by atoms with van der Waals surface area (Å²) >= 11 is 0. The lowest BCUT2D eigenvalue weighted by atomic mass is 9.91. The van der Waals surface area contributed by atoms with Crippen molar-refractivity contribution in [3.8, 4) is 0 Å². The van der Waals surface area contributed by atoms with E-state index >= 15 is 0 Å². The molecule has 0 aromatic heterocycles. The molecule has 1 saturated heterocycles. The van der Waals surface area contributed by atoms with Gasteiger partial charge < -0.3 is 5.32 Å². The molecular weight excluding hydrogens is 244 g/mol. The predicted octanol–water partition coefficient (Wildman–Crippen LogP) is 4.16. The van der Waals surface area contributed by atoms with Gasteiger partial charge in [-0.3, -0.25) is 4.90 Å². The second-order valence-electron chi connectivity index (χ2n) is 7.44. The Kier molecular flexibility index (Phi) is 8.13. The molecular formula is C18H38N2. The van der Waals surface area contributed by atoms with E-state index in [4.69, 9.17) is 0 Å². The fourth-order valence-electron chi connectivity index (χ4n) is 3.42. The summed E-state index contributed by atoms with van der Waals surface area (Å²) in [6.45, 7) is 17.8. The molecule has 0 aliphatic carbocycles. The lowest BCUT2D eigenvalue weighted by molar-refractivity contribution is 0.0673. The van der Waals surface area contributed by atoms with E-state index in [0.717, 1.165) is 23.8 Å². The quantitative estimate of drug-likeness (QED) is 0.719. The van der Waals surface area contributed by atoms with Crippen LogP contribution in [0.2, 0.25) is 0 Å². The number of unbranched alkanes of at least 4 members (excludes halogenated alkanes) is 1. The summed E-state index contributed by atoms with van der Waals surface area (Å²) in [5, 5.41) is 3.77. The molecule has 2 nitrogen and oxygen atoms in total. The fraction of sp³-hybridized carbons (Fsp3) is 1.00. The Morgan fingerprint density at radius 3 is 2.30 bits per heavy atom. The summed E-state index contributed by atoms with van der Waals surface area (Å²) in [7, 11) is 0. The van der Waals surface area contributed by atoms with Gasteiger partial charge in [0.25, 0.3) is 0 Å². The Bertz CT molecular complexity index is 250. The number of piperazine rings is 1. The van der Waals surface area contributed by atoms with Crippen LogP contribution in [0, 0.1) is 17.8 Å². The first kappa shape index (κ1) is 18.0. The maximum atomic E-state index is 3.77. The van der Waals surface area contributed by atoms with Gasteiger partial charge in [0.15, 0.2) is 0 Å². The molecule has 1 rings (SSSR count). The van der Waals surface area contributed by atoms with Crippen LogP contribution in [-0.2, 0) is 0 Å². The van der Waals surface area contributed by atoms with Crippen LogP contribution in [-0.4, -0.2) is 36.6 Å². The fourth-order valence-corrected chi connectivity index (χ4v) is 3.42. The molecule has 0 aromatic carbocycles. The molecule has 0 amide bonds. The molecule has 3 unspecified atom stereocenters. The van der Waals surface area contributed by atoms with E-state index in [2.05, 4.69) is 51.8 Å². The molecule has 1 fully saturated rings. The number of hydrogen-bond acceptors (Lipinski definition) is 2. The van der Waals surface area contributed by atoms with Crippen LogP contribution in [0.25, 0.3) is 0 Å². The summed E-state index contributed by atoms with van der Waals surface area (Å²) in [5.41, 5.74) is 0. The topological polar surface area (TPSA) is 15.3 Å². The Labute approximate surface area is 127 Å². The number of rotatable bonds is 8. The second kappa shape index (κ2) is 9.04. The minimum absolute atomic E-state index is 0.675. The first-order valence-corrected chi connectivity index (χ1v) is 8.96. The van der Waals surface area contributed by atoms with Gasteiger partial charge in [-0.1, -0.05) is 60.8 Å². The minimum atomic E-state index is 0.675. The highest BCUT2D eigenvalue weighted by molar-refractivity contribution is 4.89. The van der Waals surface area contributed by atoms with Gasteiger partial charge in [0.05, 0.1) is 0 Å².